The van der Waals surface area contributed by atoms with Crippen molar-refractivity contribution < 1.29 is 9.59 Å². The molecule has 0 bridgehead atoms. The van der Waals surface area contributed by atoms with Crippen LogP contribution < -0.4 is 10.6 Å². The molecule has 0 aliphatic rings. The van der Waals surface area contributed by atoms with Gasteiger partial charge in [-0.2, -0.15) is 0 Å². The van der Waals surface area contributed by atoms with E-state index in [4.69, 9.17) is 0 Å². The number of thioether (sulfide) groups is 1. The number of hydrogen-bond donors (Lipinski definition) is 2. The van der Waals surface area contributed by atoms with E-state index >= 15 is 0 Å². The maximum atomic E-state index is 12.8. The van der Waals surface area contributed by atoms with Crippen LogP contribution in [-0.2, 0) is 17.8 Å². The standard InChI is InChI=1S/C21H23N5O2S/c1-3-26-17(14-15-10-6-4-7-11-15)24-25-21(26)29-18(16-12-8-5-9-13-16)19(27)23-20(28)22-2/h4-13,18H,3,14H2,1-2H3,(H2,22,23,27,28)/t18-/m1/s1. The number of nitrogens with zero attached hydrogens (tertiary/aromatic N) is 3. The molecule has 2 aromatic carbocycles. The number of aromatic nitrogens is 3. The first-order chi connectivity index (χ1) is 14.1. The zero-order valence-corrected chi connectivity index (χ0v) is 17.1. The van der Waals surface area contributed by atoms with Crippen molar-refractivity contribution in [3.8, 4) is 0 Å². The number of amides is 3. The number of nitrogens with one attached hydrogen (secondary N) is 2. The highest BCUT2D eigenvalue weighted by Crippen LogP contribution is 2.35. The normalized spacial score (nSPS) is 11.7. The number of rotatable bonds is 7. The molecule has 1 heterocycles. The van der Waals surface area contributed by atoms with E-state index in [0.717, 1.165) is 17.0 Å². The molecule has 0 fully saturated rings. The maximum absolute atomic E-state index is 12.8. The van der Waals surface area contributed by atoms with Gasteiger partial charge in [0.25, 0.3) is 0 Å². The van der Waals surface area contributed by atoms with Crippen LogP contribution in [0, 0.1) is 0 Å². The van der Waals surface area contributed by atoms with Crippen LogP contribution in [0.1, 0.15) is 29.1 Å². The molecule has 0 radical (unpaired) electrons. The average molecular weight is 410 g/mol. The average Bonchev–Trinajstić information content (AvgIpc) is 3.14. The molecule has 1 atom stereocenters. The first-order valence-electron chi connectivity index (χ1n) is 9.32. The van der Waals surface area contributed by atoms with Gasteiger partial charge in [-0.25, -0.2) is 4.79 Å². The predicted molar refractivity (Wildman–Crippen MR) is 113 cm³/mol. The third-order valence-electron chi connectivity index (χ3n) is 4.34. The van der Waals surface area contributed by atoms with Crippen LogP contribution in [0.25, 0.3) is 0 Å². The van der Waals surface area contributed by atoms with E-state index < -0.39 is 17.2 Å². The van der Waals surface area contributed by atoms with Crippen molar-refractivity contribution >= 4 is 23.7 Å². The Hall–Kier alpha value is -3.13. The minimum absolute atomic E-state index is 0.407. The highest BCUT2D eigenvalue weighted by Gasteiger charge is 2.26. The van der Waals surface area contributed by atoms with E-state index in [1.807, 2.05) is 72.2 Å². The number of urea groups is 1. The van der Waals surface area contributed by atoms with Crippen LogP contribution in [0.3, 0.4) is 0 Å². The van der Waals surface area contributed by atoms with Gasteiger partial charge in [0.05, 0.1) is 0 Å². The summed E-state index contributed by atoms with van der Waals surface area (Å²) < 4.78 is 2.00. The molecule has 8 heteroatoms. The fourth-order valence-electron chi connectivity index (χ4n) is 2.88. The maximum Gasteiger partial charge on any atom is 0.321 e. The Labute approximate surface area is 173 Å². The number of carbonyl (C=O) groups is 2. The van der Waals surface area contributed by atoms with Crippen molar-refractivity contribution in [3.63, 3.8) is 0 Å². The Bertz CT molecular complexity index is 960. The summed E-state index contributed by atoms with van der Waals surface area (Å²) in [5.41, 5.74) is 1.93. The SMILES string of the molecule is CCn1c(Cc2ccccc2)nnc1S[C@@H](C(=O)NC(=O)NC)c1ccccc1. The Morgan fingerprint density at radius 1 is 1.03 bits per heavy atom. The quantitative estimate of drug-likeness (QED) is 0.585. The van der Waals surface area contributed by atoms with Crippen LogP contribution in [0.5, 0.6) is 0 Å². The molecule has 3 amide bonds. The van der Waals surface area contributed by atoms with Crippen LogP contribution in [0.4, 0.5) is 4.79 Å². The minimum Gasteiger partial charge on any atom is -0.341 e. The van der Waals surface area contributed by atoms with Gasteiger partial charge in [0.15, 0.2) is 5.16 Å². The van der Waals surface area contributed by atoms with Crippen molar-refractivity contribution in [2.75, 3.05) is 7.05 Å². The summed E-state index contributed by atoms with van der Waals surface area (Å²) >= 11 is 1.28. The molecule has 0 saturated carbocycles. The fraction of sp³-hybridized carbons (Fsp3) is 0.238. The zero-order valence-electron chi connectivity index (χ0n) is 16.3. The largest absolute Gasteiger partial charge is 0.341 e. The summed E-state index contributed by atoms with van der Waals surface area (Å²) in [6, 6.07) is 18.8. The summed E-state index contributed by atoms with van der Waals surface area (Å²) in [4.78, 5) is 24.4. The minimum atomic E-state index is -0.632. The lowest BCUT2D eigenvalue weighted by Gasteiger charge is -2.16. The van der Waals surface area contributed by atoms with E-state index in [2.05, 4.69) is 20.8 Å². The Morgan fingerprint density at radius 2 is 1.69 bits per heavy atom. The summed E-state index contributed by atoms with van der Waals surface area (Å²) in [6.45, 7) is 2.69. The van der Waals surface area contributed by atoms with E-state index in [-0.39, 0.29) is 0 Å². The molecule has 7 nitrogen and oxygen atoms in total. The van der Waals surface area contributed by atoms with Gasteiger partial charge in [-0.15, -0.1) is 10.2 Å². The van der Waals surface area contributed by atoms with E-state index in [1.54, 1.807) is 0 Å². The van der Waals surface area contributed by atoms with Gasteiger partial charge < -0.3 is 9.88 Å². The van der Waals surface area contributed by atoms with Gasteiger partial charge in [0.2, 0.25) is 5.91 Å². The topological polar surface area (TPSA) is 88.9 Å². The lowest BCUT2D eigenvalue weighted by molar-refractivity contribution is -0.119. The van der Waals surface area contributed by atoms with Gasteiger partial charge in [-0.3, -0.25) is 10.1 Å². The highest BCUT2D eigenvalue weighted by molar-refractivity contribution is 8.00. The molecular weight excluding hydrogens is 386 g/mol. The van der Waals surface area contributed by atoms with E-state index in [0.29, 0.717) is 18.1 Å². The van der Waals surface area contributed by atoms with Gasteiger partial charge >= 0.3 is 6.03 Å². The van der Waals surface area contributed by atoms with Gasteiger partial charge in [0.1, 0.15) is 11.1 Å². The summed E-state index contributed by atoms with van der Waals surface area (Å²) in [7, 11) is 1.47. The van der Waals surface area contributed by atoms with Crippen molar-refractivity contribution in [1.82, 2.24) is 25.4 Å². The fourth-order valence-corrected chi connectivity index (χ4v) is 4.00. The number of hydrogen-bond acceptors (Lipinski definition) is 5. The third kappa shape index (κ3) is 5.23. The molecule has 0 spiro atoms. The third-order valence-corrected chi connectivity index (χ3v) is 5.58. The van der Waals surface area contributed by atoms with Crippen molar-refractivity contribution in [3.05, 3.63) is 77.6 Å². The molecule has 0 aliphatic carbocycles. The Morgan fingerprint density at radius 3 is 2.31 bits per heavy atom. The second-order valence-electron chi connectivity index (χ2n) is 6.28. The molecule has 0 saturated heterocycles. The van der Waals surface area contributed by atoms with Gasteiger partial charge in [-0.1, -0.05) is 72.4 Å². The number of benzene rings is 2. The number of imide groups is 1. The van der Waals surface area contributed by atoms with Crippen molar-refractivity contribution in [2.45, 2.75) is 30.3 Å². The van der Waals surface area contributed by atoms with Crippen LogP contribution in [-0.4, -0.2) is 33.8 Å². The monoisotopic (exact) mass is 409 g/mol. The lowest BCUT2D eigenvalue weighted by atomic mass is 10.1. The lowest BCUT2D eigenvalue weighted by Crippen LogP contribution is -2.39. The van der Waals surface area contributed by atoms with Gasteiger partial charge in [0, 0.05) is 20.0 Å². The van der Waals surface area contributed by atoms with E-state index in [9.17, 15) is 9.59 Å². The summed E-state index contributed by atoms with van der Waals surface area (Å²) in [5, 5.41) is 13.5. The Kier molecular flexibility index (Phi) is 7.02. The second-order valence-corrected chi connectivity index (χ2v) is 7.35. The molecular formula is C21H23N5O2S. The molecule has 150 valence electrons. The first-order valence-corrected chi connectivity index (χ1v) is 10.2. The molecule has 1 aromatic heterocycles. The highest BCUT2D eigenvalue weighted by atomic mass is 32.2. The molecule has 2 N–H and O–H groups in total. The molecule has 3 rings (SSSR count). The van der Waals surface area contributed by atoms with Crippen molar-refractivity contribution in [1.29, 1.82) is 0 Å². The first kappa shape index (κ1) is 20.6. The van der Waals surface area contributed by atoms with Crippen LogP contribution >= 0.6 is 11.8 Å². The summed E-state index contributed by atoms with van der Waals surface area (Å²) in [5.74, 6) is 0.426. The molecule has 29 heavy (non-hydrogen) atoms. The molecule has 0 aliphatic heterocycles. The Balaban J connectivity index is 1.87. The molecule has 3 aromatic rings. The van der Waals surface area contributed by atoms with Gasteiger partial charge in [-0.05, 0) is 18.1 Å². The molecule has 0 unspecified atom stereocenters. The smallest absolute Gasteiger partial charge is 0.321 e. The zero-order chi connectivity index (χ0) is 20.6. The van der Waals surface area contributed by atoms with Crippen LogP contribution in [0.15, 0.2) is 65.8 Å². The number of carbonyl (C=O) groups excluding carboxylic acids is 2. The van der Waals surface area contributed by atoms with Crippen LogP contribution in [0.2, 0.25) is 0 Å². The van der Waals surface area contributed by atoms with E-state index in [1.165, 1.54) is 18.8 Å². The summed E-state index contributed by atoms with van der Waals surface area (Å²) in [6.07, 6.45) is 0.655. The predicted octanol–water partition coefficient (Wildman–Crippen LogP) is 3.18. The second kappa shape index (κ2) is 9.88. The van der Waals surface area contributed by atoms with Crippen molar-refractivity contribution in [2.24, 2.45) is 0 Å².